The van der Waals surface area contributed by atoms with Gasteiger partial charge in [0.1, 0.15) is 11.6 Å². The Kier molecular flexibility index (Phi) is 2.95. The van der Waals surface area contributed by atoms with Crippen LogP contribution in [0.15, 0.2) is 18.2 Å². The van der Waals surface area contributed by atoms with Crippen molar-refractivity contribution in [2.24, 2.45) is 5.73 Å². The first-order valence-electron chi connectivity index (χ1n) is 3.91. The average molecular weight is 187 g/mol. The zero-order chi connectivity index (χ0) is 10.0. The van der Waals surface area contributed by atoms with Crippen molar-refractivity contribution in [3.8, 4) is 0 Å². The van der Waals surface area contributed by atoms with E-state index in [4.69, 9.17) is 5.73 Å². The van der Waals surface area contributed by atoms with E-state index in [9.17, 15) is 13.9 Å². The summed E-state index contributed by atoms with van der Waals surface area (Å²) in [6.45, 7) is 1.55. The Morgan fingerprint density at radius 2 is 2.00 bits per heavy atom. The molecule has 13 heavy (non-hydrogen) atoms. The highest BCUT2D eigenvalue weighted by molar-refractivity contribution is 5.21. The summed E-state index contributed by atoms with van der Waals surface area (Å²) in [5.41, 5.74) is 5.39. The molecule has 1 rings (SSSR count). The minimum Gasteiger partial charge on any atom is -0.387 e. The van der Waals surface area contributed by atoms with Crippen molar-refractivity contribution in [3.05, 3.63) is 35.4 Å². The van der Waals surface area contributed by atoms with Gasteiger partial charge in [-0.15, -0.1) is 0 Å². The number of aliphatic hydroxyl groups is 1. The van der Waals surface area contributed by atoms with Crippen molar-refractivity contribution in [1.82, 2.24) is 0 Å². The van der Waals surface area contributed by atoms with E-state index in [1.807, 2.05) is 0 Å². The van der Waals surface area contributed by atoms with Gasteiger partial charge in [-0.3, -0.25) is 0 Å². The molecular weight excluding hydrogens is 176 g/mol. The Morgan fingerprint density at radius 3 is 2.46 bits per heavy atom. The highest BCUT2D eigenvalue weighted by Crippen LogP contribution is 2.19. The highest BCUT2D eigenvalue weighted by Gasteiger charge is 2.16. The van der Waals surface area contributed by atoms with Gasteiger partial charge in [-0.05, 0) is 13.0 Å². The molecule has 0 aliphatic heterocycles. The first-order chi connectivity index (χ1) is 6.02. The van der Waals surface area contributed by atoms with Crippen LogP contribution in [-0.2, 0) is 0 Å². The van der Waals surface area contributed by atoms with Gasteiger partial charge >= 0.3 is 0 Å². The Morgan fingerprint density at radius 1 is 1.38 bits per heavy atom. The molecule has 0 saturated heterocycles. The van der Waals surface area contributed by atoms with Crippen molar-refractivity contribution in [2.45, 2.75) is 19.1 Å². The Hall–Kier alpha value is -1.00. The van der Waals surface area contributed by atoms with E-state index >= 15 is 0 Å². The lowest BCUT2D eigenvalue weighted by Crippen LogP contribution is -2.25. The SMILES string of the molecule is C[C@@H](N)[C@@H](O)c1ccc(F)cc1F. The fourth-order valence-electron chi connectivity index (χ4n) is 1.02. The number of benzene rings is 1. The molecule has 0 spiro atoms. The second-order valence-electron chi connectivity index (χ2n) is 2.97. The molecule has 0 aromatic heterocycles. The molecule has 3 N–H and O–H groups in total. The molecule has 0 unspecified atom stereocenters. The van der Waals surface area contributed by atoms with E-state index in [0.717, 1.165) is 12.1 Å². The fourth-order valence-corrected chi connectivity index (χ4v) is 1.02. The van der Waals surface area contributed by atoms with E-state index in [2.05, 4.69) is 0 Å². The van der Waals surface area contributed by atoms with Crippen molar-refractivity contribution in [1.29, 1.82) is 0 Å². The Labute approximate surface area is 75.0 Å². The molecule has 1 aromatic carbocycles. The van der Waals surface area contributed by atoms with Gasteiger partial charge in [-0.25, -0.2) is 8.78 Å². The molecule has 0 aliphatic rings. The zero-order valence-corrected chi connectivity index (χ0v) is 7.17. The van der Waals surface area contributed by atoms with E-state index in [0.29, 0.717) is 0 Å². The number of nitrogens with two attached hydrogens (primary N) is 1. The summed E-state index contributed by atoms with van der Waals surface area (Å²) < 4.78 is 25.5. The van der Waals surface area contributed by atoms with Crippen LogP contribution in [0.2, 0.25) is 0 Å². The molecule has 0 aliphatic carbocycles. The molecule has 0 radical (unpaired) electrons. The maximum Gasteiger partial charge on any atom is 0.131 e. The Balaban J connectivity index is 3.01. The molecule has 72 valence electrons. The van der Waals surface area contributed by atoms with Crippen LogP contribution in [0.25, 0.3) is 0 Å². The molecule has 2 nitrogen and oxygen atoms in total. The second-order valence-corrected chi connectivity index (χ2v) is 2.97. The predicted molar refractivity (Wildman–Crippen MR) is 45.0 cm³/mol. The highest BCUT2D eigenvalue weighted by atomic mass is 19.1. The first kappa shape index (κ1) is 10.1. The van der Waals surface area contributed by atoms with Gasteiger partial charge in [0.15, 0.2) is 0 Å². The van der Waals surface area contributed by atoms with Crippen molar-refractivity contribution >= 4 is 0 Å². The van der Waals surface area contributed by atoms with Gasteiger partial charge in [0, 0.05) is 17.7 Å². The largest absolute Gasteiger partial charge is 0.387 e. The van der Waals surface area contributed by atoms with Crippen molar-refractivity contribution in [2.75, 3.05) is 0 Å². The third-order valence-electron chi connectivity index (χ3n) is 1.78. The monoisotopic (exact) mass is 187 g/mol. The molecule has 0 amide bonds. The van der Waals surface area contributed by atoms with Crippen molar-refractivity contribution < 1.29 is 13.9 Å². The number of aliphatic hydroxyl groups excluding tert-OH is 1. The lowest BCUT2D eigenvalue weighted by molar-refractivity contribution is 0.149. The maximum absolute atomic E-state index is 13.0. The van der Waals surface area contributed by atoms with Gasteiger partial charge in [0.05, 0.1) is 6.10 Å². The molecule has 0 bridgehead atoms. The lowest BCUT2D eigenvalue weighted by atomic mass is 10.0. The quantitative estimate of drug-likeness (QED) is 0.734. The van der Waals surface area contributed by atoms with Crippen LogP contribution in [-0.4, -0.2) is 11.1 Å². The van der Waals surface area contributed by atoms with E-state index in [-0.39, 0.29) is 5.56 Å². The van der Waals surface area contributed by atoms with Crippen molar-refractivity contribution in [3.63, 3.8) is 0 Å². The van der Waals surface area contributed by atoms with Gasteiger partial charge in [-0.2, -0.15) is 0 Å². The van der Waals surface area contributed by atoms with Crippen LogP contribution >= 0.6 is 0 Å². The van der Waals surface area contributed by atoms with E-state index in [1.165, 1.54) is 6.07 Å². The van der Waals surface area contributed by atoms with Crippen LogP contribution in [0, 0.1) is 11.6 Å². The summed E-state index contributed by atoms with van der Waals surface area (Å²) >= 11 is 0. The summed E-state index contributed by atoms with van der Waals surface area (Å²) in [6.07, 6.45) is -1.10. The van der Waals surface area contributed by atoms with Crippen LogP contribution in [0.4, 0.5) is 8.78 Å². The van der Waals surface area contributed by atoms with Gasteiger partial charge in [-0.1, -0.05) is 6.07 Å². The number of rotatable bonds is 2. The molecule has 4 heteroatoms. The summed E-state index contributed by atoms with van der Waals surface area (Å²) in [5.74, 6) is -1.44. The normalized spacial score (nSPS) is 15.5. The Bertz CT molecular complexity index is 302. The number of hydrogen-bond acceptors (Lipinski definition) is 2. The van der Waals surface area contributed by atoms with Gasteiger partial charge in [0.2, 0.25) is 0 Å². The summed E-state index contributed by atoms with van der Waals surface area (Å²) in [4.78, 5) is 0. The average Bonchev–Trinajstić information content (AvgIpc) is 2.03. The van der Waals surface area contributed by atoms with Crippen LogP contribution in [0.1, 0.15) is 18.6 Å². The summed E-state index contributed by atoms with van der Waals surface area (Å²) in [5, 5.41) is 9.38. The van der Waals surface area contributed by atoms with E-state index < -0.39 is 23.8 Å². The lowest BCUT2D eigenvalue weighted by Gasteiger charge is -2.15. The van der Waals surface area contributed by atoms with Crippen LogP contribution < -0.4 is 5.73 Å². The third kappa shape index (κ3) is 2.23. The maximum atomic E-state index is 13.0. The minimum atomic E-state index is -1.10. The predicted octanol–water partition coefficient (Wildman–Crippen LogP) is 1.35. The number of hydrogen-bond donors (Lipinski definition) is 2. The molecule has 0 heterocycles. The first-order valence-corrected chi connectivity index (χ1v) is 3.91. The molecule has 0 saturated carbocycles. The van der Waals surface area contributed by atoms with Gasteiger partial charge in [0.25, 0.3) is 0 Å². The van der Waals surface area contributed by atoms with Crippen LogP contribution in [0.3, 0.4) is 0 Å². The summed E-state index contributed by atoms with van der Waals surface area (Å²) in [6, 6.07) is 2.42. The molecule has 0 fully saturated rings. The smallest absolute Gasteiger partial charge is 0.131 e. The molecule has 2 atom stereocenters. The fraction of sp³-hybridized carbons (Fsp3) is 0.333. The topological polar surface area (TPSA) is 46.2 Å². The zero-order valence-electron chi connectivity index (χ0n) is 7.17. The number of halogens is 2. The second kappa shape index (κ2) is 3.81. The van der Waals surface area contributed by atoms with Gasteiger partial charge < -0.3 is 10.8 Å². The minimum absolute atomic E-state index is 0.0244. The summed E-state index contributed by atoms with van der Waals surface area (Å²) in [7, 11) is 0. The third-order valence-corrected chi connectivity index (χ3v) is 1.78. The standard InChI is InChI=1S/C9H11F2NO/c1-5(12)9(13)7-3-2-6(10)4-8(7)11/h2-5,9,13H,12H2,1H3/t5-,9-/m1/s1. The molecular formula is C9H11F2NO. The van der Waals surface area contributed by atoms with E-state index in [1.54, 1.807) is 6.92 Å². The molecule has 1 aromatic rings. The van der Waals surface area contributed by atoms with Crippen LogP contribution in [0.5, 0.6) is 0 Å².